The first-order valence-electron chi connectivity index (χ1n) is 5.67. The highest BCUT2D eigenvalue weighted by atomic mass is 16.2. The molecule has 0 aliphatic carbocycles. The summed E-state index contributed by atoms with van der Waals surface area (Å²) in [7, 11) is 0. The van der Waals surface area contributed by atoms with E-state index in [1.807, 2.05) is 13.8 Å². The summed E-state index contributed by atoms with van der Waals surface area (Å²) in [4.78, 5) is 30.5. The normalized spacial score (nSPS) is 10.7. The Morgan fingerprint density at radius 2 is 1.94 bits per heavy atom. The molecule has 2 rings (SSSR count). The molecule has 0 saturated heterocycles. The molecule has 2 aromatic rings. The Kier molecular flexibility index (Phi) is 2.99. The molecule has 0 fully saturated rings. The fourth-order valence-corrected chi connectivity index (χ4v) is 1.92. The minimum absolute atomic E-state index is 0.0594. The van der Waals surface area contributed by atoms with E-state index in [9.17, 15) is 9.59 Å². The largest absolute Gasteiger partial charge is 0.339 e. The van der Waals surface area contributed by atoms with Gasteiger partial charge in [-0.15, -0.1) is 0 Å². The van der Waals surface area contributed by atoms with E-state index in [1.54, 1.807) is 23.1 Å². The number of nitrogens with one attached hydrogen (secondary N) is 2. The van der Waals surface area contributed by atoms with Gasteiger partial charge in [0.05, 0.1) is 16.6 Å². The number of aromatic nitrogens is 2. The molecule has 0 atom stereocenters. The number of aromatic amines is 2. The van der Waals surface area contributed by atoms with Crippen molar-refractivity contribution in [3.05, 3.63) is 34.2 Å². The third-order valence-electron chi connectivity index (χ3n) is 2.83. The molecule has 0 aliphatic rings. The quantitative estimate of drug-likeness (QED) is 0.839. The van der Waals surface area contributed by atoms with Crippen LogP contribution in [0.3, 0.4) is 0 Å². The summed E-state index contributed by atoms with van der Waals surface area (Å²) in [5.41, 5.74) is 1.48. The maximum atomic E-state index is 12.2. The van der Waals surface area contributed by atoms with Gasteiger partial charge in [-0.1, -0.05) is 6.07 Å². The number of hydrogen-bond donors (Lipinski definition) is 2. The third-order valence-corrected chi connectivity index (χ3v) is 2.83. The predicted octanol–water partition coefficient (Wildman–Crippen LogP) is 1.34. The van der Waals surface area contributed by atoms with E-state index < -0.39 is 0 Å². The minimum atomic E-state index is -0.292. The second-order valence-electron chi connectivity index (χ2n) is 3.78. The molecule has 0 radical (unpaired) electrons. The van der Waals surface area contributed by atoms with Crippen LogP contribution in [0.25, 0.3) is 11.0 Å². The Labute approximate surface area is 98.4 Å². The lowest BCUT2D eigenvalue weighted by Gasteiger charge is -2.18. The van der Waals surface area contributed by atoms with E-state index in [2.05, 4.69) is 9.97 Å². The molecule has 90 valence electrons. The van der Waals surface area contributed by atoms with Gasteiger partial charge in [0.1, 0.15) is 0 Å². The number of benzene rings is 1. The number of fused-ring (bicyclic) bond motifs is 1. The molecule has 1 aromatic heterocycles. The number of rotatable bonds is 3. The maximum Gasteiger partial charge on any atom is 0.323 e. The van der Waals surface area contributed by atoms with Gasteiger partial charge in [0.15, 0.2) is 0 Å². The minimum Gasteiger partial charge on any atom is -0.339 e. The van der Waals surface area contributed by atoms with Crippen molar-refractivity contribution in [2.24, 2.45) is 0 Å². The van der Waals surface area contributed by atoms with Crippen LogP contribution in [0.1, 0.15) is 24.2 Å². The first kappa shape index (κ1) is 11.4. The first-order chi connectivity index (χ1) is 8.17. The molecule has 1 amide bonds. The van der Waals surface area contributed by atoms with Crippen LogP contribution in [0.5, 0.6) is 0 Å². The smallest absolute Gasteiger partial charge is 0.323 e. The topological polar surface area (TPSA) is 69.0 Å². The molecule has 1 heterocycles. The third kappa shape index (κ3) is 1.95. The second kappa shape index (κ2) is 4.45. The lowest BCUT2D eigenvalue weighted by atomic mass is 10.1. The summed E-state index contributed by atoms with van der Waals surface area (Å²) >= 11 is 0. The van der Waals surface area contributed by atoms with Crippen molar-refractivity contribution >= 4 is 16.9 Å². The zero-order valence-corrected chi connectivity index (χ0v) is 9.91. The van der Waals surface area contributed by atoms with E-state index in [0.29, 0.717) is 29.7 Å². The van der Waals surface area contributed by atoms with Crippen LogP contribution in [0.2, 0.25) is 0 Å². The molecule has 1 aromatic carbocycles. The molecule has 17 heavy (non-hydrogen) atoms. The highest BCUT2D eigenvalue weighted by molar-refractivity contribution is 6.04. The summed E-state index contributed by atoms with van der Waals surface area (Å²) in [6.45, 7) is 5.17. The molecule has 0 saturated carbocycles. The van der Waals surface area contributed by atoms with E-state index in [4.69, 9.17) is 0 Å². The SMILES string of the molecule is CCN(CC)C(=O)c1cccc2[nH]c(=O)[nH]c12. The van der Waals surface area contributed by atoms with Gasteiger partial charge in [0.25, 0.3) is 5.91 Å². The van der Waals surface area contributed by atoms with Crippen molar-refractivity contribution in [3.63, 3.8) is 0 Å². The van der Waals surface area contributed by atoms with Gasteiger partial charge in [-0.25, -0.2) is 4.79 Å². The highest BCUT2D eigenvalue weighted by Crippen LogP contribution is 2.15. The summed E-state index contributed by atoms with van der Waals surface area (Å²) < 4.78 is 0. The molecular formula is C12H15N3O2. The van der Waals surface area contributed by atoms with Crippen molar-refractivity contribution in [3.8, 4) is 0 Å². The summed E-state index contributed by atoms with van der Waals surface area (Å²) in [6.07, 6.45) is 0. The number of nitrogens with zero attached hydrogens (tertiary/aromatic N) is 1. The van der Waals surface area contributed by atoms with Gasteiger partial charge < -0.3 is 14.9 Å². The molecule has 5 nitrogen and oxygen atoms in total. The summed E-state index contributed by atoms with van der Waals surface area (Å²) in [5.74, 6) is -0.0594. The Morgan fingerprint density at radius 1 is 1.24 bits per heavy atom. The van der Waals surface area contributed by atoms with Crippen LogP contribution in [0.15, 0.2) is 23.0 Å². The van der Waals surface area contributed by atoms with Crippen LogP contribution in [-0.4, -0.2) is 33.9 Å². The summed E-state index contributed by atoms with van der Waals surface area (Å²) in [5, 5.41) is 0. The van der Waals surface area contributed by atoms with Crippen LogP contribution in [0, 0.1) is 0 Å². The average Bonchev–Trinajstić information content (AvgIpc) is 2.70. The van der Waals surface area contributed by atoms with Crippen LogP contribution in [0.4, 0.5) is 0 Å². The van der Waals surface area contributed by atoms with Gasteiger partial charge in [0.2, 0.25) is 0 Å². The Balaban J connectivity index is 2.55. The number of carbonyl (C=O) groups excluding carboxylic acids is 1. The van der Waals surface area contributed by atoms with Crippen molar-refractivity contribution in [1.82, 2.24) is 14.9 Å². The monoisotopic (exact) mass is 233 g/mol. The van der Waals surface area contributed by atoms with Gasteiger partial charge in [-0.3, -0.25) is 4.79 Å². The molecular weight excluding hydrogens is 218 g/mol. The van der Waals surface area contributed by atoms with Crippen LogP contribution in [-0.2, 0) is 0 Å². The van der Waals surface area contributed by atoms with Crippen molar-refractivity contribution in [2.45, 2.75) is 13.8 Å². The molecule has 0 aliphatic heterocycles. The Hall–Kier alpha value is -2.04. The van der Waals surface area contributed by atoms with Gasteiger partial charge in [-0.05, 0) is 26.0 Å². The molecule has 0 bridgehead atoms. The fourth-order valence-electron chi connectivity index (χ4n) is 1.92. The Morgan fingerprint density at radius 3 is 2.59 bits per heavy atom. The number of amides is 1. The van der Waals surface area contributed by atoms with Gasteiger partial charge in [0, 0.05) is 13.1 Å². The number of carbonyl (C=O) groups is 1. The number of imidazole rings is 1. The standard InChI is InChI=1S/C12H15N3O2/c1-3-15(4-2)11(16)8-6-5-7-9-10(8)14-12(17)13-9/h5-7H,3-4H2,1-2H3,(H2,13,14,17). The molecule has 2 N–H and O–H groups in total. The Bertz CT molecular complexity index is 593. The maximum absolute atomic E-state index is 12.2. The highest BCUT2D eigenvalue weighted by Gasteiger charge is 2.16. The van der Waals surface area contributed by atoms with E-state index in [-0.39, 0.29) is 11.6 Å². The average molecular weight is 233 g/mol. The number of hydrogen-bond acceptors (Lipinski definition) is 2. The second-order valence-corrected chi connectivity index (χ2v) is 3.78. The predicted molar refractivity (Wildman–Crippen MR) is 66.2 cm³/mol. The molecule has 0 unspecified atom stereocenters. The van der Waals surface area contributed by atoms with Gasteiger partial charge in [-0.2, -0.15) is 0 Å². The lowest BCUT2D eigenvalue weighted by Crippen LogP contribution is -2.30. The molecule has 5 heteroatoms. The van der Waals surface area contributed by atoms with Crippen LogP contribution < -0.4 is 5.69 Å². The van der Waals surface area contributed by atoms with Crippen molar-refractivity contribution in [1.29, 1.82) is 0 Å². The lowest BCUT2D eigenvalue weighted by molar-refractivity contribution is 0.0775. The zero-order chi connectivity index (χ0) is 12.4. The van der Waals surface area contributed by atoms with E-state index in [0.717, 1.165) is 0 Å². The van der Waals surface area contributed by atoms with Gasteiger partial charge >= 0.3 is 5.69 Å². The number of para-hydroxylation sites is 1. The first-order valence-corrected chi connectivity index (χ1v) is 5.67. The van der Waals surface area contributed by atoms with E-state index in [1.165, 1.54) is 0 Å². The zero-order valence-electron chi connectivity index (χ0n) is 9.91. The molecule has 0 spiro atoms. The van der Waals surface area contributed by atoms with Crippen molar-refractivity contribution < 1.29 is 4.79 Å². The fraction of sp³-hybridized carbons (Fsp3) is 0.333. The summed E-state index contributed by atoms with van der Waals surface area (Å²) in [6, 6.07) is 5.27. The van der Waals surface area contributed by atoms with E-state index >= 15 is 0 Å². The van der Waals surface area contributed by atoms with Crippen molar-refractivity contribution in [2.75, 3.05) is 13.1 Å². The van der Waals surface area contributed by atoms with Crippen LogP contribution >= 0.6 is 0 Å². The number of H-pyrrole nitrogens is 2.